The van der Waals surface area contributed by atoms with Crippen molar-refractivity contribution >= 4 is 17.3 Å². The molecule has 0 aliphatic rings. The number of nitrogens with zero attached hydrogens (tertiary/aromatic N) is 2. The van der Waals surface area contributed by atoms with Gasteiger partial charge in [0.1, 0.15) is 12.4 Å². The summed E-state index contributed by atoms with van der Waals surface area (Å²) in [5, 5.41) is 9.36. The first kappa shape index (κ1) is 14.7. The van der Waals surface area contributed by atoms with Gasteiger partial charge in [-0.2, -0.15) is 5.10 Å². The first-order valence-electron chi connectivity index (χ1n) is 6.45. The van der Waals surface area contributed by atoms with Gasteiger partial charge in [-0.05, 0) is 25.1 Å². The smallest absolute Gasteiger partial charge is 0.269 e. The summed E-state index contributed by atoms with van der Waals surface area (Å²) in [4.78, 5) is 23.6. The first-order chi connectivity index (χ1) is 10.1. The maximum absolute atomic E-state index is 13.0. The molecule has 0 saturated heterocycles. The van der Waals surface area contributed by atoms with Gasteiger partial charge >= 0.3 is 0 Å². The van der Waals surface area contributed by atoms with Crippen molar-refractivity contribution in [2.45, 2.75) is 13.5 Å². The number of rotatable bonds is 5. The molecule has 0 fully saturated rings. The van der Waals surface area contributed by atoms with Crippen LogP contribution in [-0.2, 0) is 11.3 Å². The third kappa shape index (κ3) is 4.13. The van der Waals surface area contributed by atoms with Gasteiger partial charge in [-0.15, -0.1) is 0 Å². The first-order valence-corrected chi connectivity index (χ1v) is 6.45. The van der Waals surface area contributed by atoms with Gasteiger partial charge in [0, 0.05) is 18.3 Å². The van der Waals surface area contributed by atoms with Crippen LogP contribution < -0.4 is 16.2 Å². The highest BCUT2D eigenvalue weighted by atomic mass is 19.1. The van der Waals surface area contributed by atoms with Gasteiger partial charge in [0.15, 0.2) is 0 Å². The highest BCUT2D eigenvalue weighted by Gasteiger charge is 2.07. The SMILES string of the molecule is CCNc1cnn(CC(=O)Nc2cccc(F)c2)c(=O)c1. The predicted octanol–water partition coefficient (Wildman–Crippen LogP) is 1.45. The van der Waals surface area contributed by atoms with Crippen LogP contribution in [0.1, 0.15) is 6.92 Å². The van der Waals surface area contributed by atoms with E-state index in [1.54, 1.807) is 6.07 Å². The molecule has 0 unspecified atom stereocenters. The van der Waals surface area contributed by atoms with Gasteiger partial charge in [0.25, 0.3) is 5.56 Å². The second-order valence-corrected chi connectivity index (χ2v) is 4.33. The molecule has 0 radical (unpaired) electrons. The molecule has 0 aliphatic carbocycles. The van der Waals surface area contributed by atoms with E-state index in [1.165, 1.54) is 30.5 Å². The summed E-state index contributed by atoms with van der Waals surface area (Å²) < 4.78 is 14.0. The van der Waals surface area contributed by atoms with Crippen LogP contribution in [0.25, 0.3) is 0 Å². The number of amides is 1. The molecule has 0 aliphatic heterocycles. The second kappa shape index (κ2) is 6.65. The molecule has 2 aromatic rings. The topological polar surface area (TPSA) is 76.0 Å². The van der Waals surface area contributed by atoms with E-state index in [4.69, 9.17) is 0 Å². The fourth-order valence-electron chi connectivity index (χ4n) is 1.76. The van der Waals surface area contributed by atoms with E-state index in [0.717, 1.165) is 4.68 Å². The third-order valence-electron chi connectivity index (χ3n) is 2.65. The van der Waals surface area contributed by atoms with Crippen LogP contribution in [-0.4, -0.2) is 22.2 Å². The standard InChI is InChI=1S/C14H15FN4O2/c1-2-16-12-7-14(21)19(17-8-12)9-13(20)18-11-5-3-4-10(15)6-11/h3-8,16H,2,9H2,1H3,(H,18,20). The third-order valence-corrected chi connectivity index (χ3v) is 2.65. The molecule has 7 heteroatoms. The molecular formula is C14H15FN4O2. The van der Waals surface area contributed by atoms with Gasteiger partial charge in [0.05, 0.1) is 11.9 Å². The fraction of sp³-hybridized carbons (Fsp3) is 0.214. The van der Waals surface area contributed by atoms with E-state index in [9.17, 15) is 14.0 Å². The number of halogens is 1. The van der Waals surface area contributed by atoms with Crippen LogP contribution in [0.4, 0.5) is 15.8 Å². The lowest BCUT2D eigenvalue weighted by Gasteiger charge is -2.08. The molecule has 1 amide bonds. The Morgan fingerprint density at radius 2 is 2.14 bits per heavy atom. The minimum absolute atomic E-state index is 0.234. The zero-order valence-electron chi connectivity index (χ0n) is 11.5. The van der Waals surface area contributed by atoms with Crippen molar-refractivity contribution in [3.8, 4) is 0 Å². The number of benzene rings is 1. The predicted molar refractivity (Wildman–Crippen MR) is 77.7 cm³/mol. The molecule has 110 valence electrons. The van der Waals surface area contributed by atoms with Gasteiger partial charge in [0.2, 0.25) is 5.91 Å². The van der Waals surface area contributed by atoms with Crippen molar-refractivity contribution in [3.63, 3.8) is 0 Å². The summed E-state index contributed by atoms with van der Waals surface area (Å²) in [6.45, 7) is 2.34. The summed E-state index contributed by atoms with van der Waals surface area (Å²) in [6, 6.07) is 6.89. The maximum Gasteiger partial charge on any atom is 0.269 e. The van der Waals surface area contributed by atoms with Crippen molar-refractivity contribution in [1.29, 1.82) is 0 Å². The summed E-state index contributed by atoms with van der Waals surface area (Å²) in [6.07, 6.45) is 1.47. The molecule has 0 atom stereocenters. The zero-order chi connectivity index (χ0) is 15.2. The molecule has 6 nitrogen and oxygen atoms in total. The Morgan fingerprint density at radius 3 is 2.81 bits per heavy atom. The quantitative estimate of drug-likeness (QED) is 0.874. The van der Waals surface area contributed by atoms with E-state index >= 15 is 0 Å². The minimum Gasteiger partial charge on any atom is -0.384 e. The van der Waals surface area contributed by atoms with Crippen molar-refractivity contribution in [2.75, 3.05) is 17.2 Å². The fourth-order valence-corrected chi connectivity index (χ4v) is 1.76. The molecule has 1 aromatic carbocycles. The number of aromatic nitrogens is 2. The summed E-state index contributed by atoms with van der Waals surface area (Å²) in [5.74, 6) is -0.899. The Kier molecular flexibility index (Phi) is 4.65. The molecule has 0 saturated carbocycles. The summed E-state index contributed by atoms with van der Waals surface area (Å²) in [7, 11) is 0. The molecule has 1 heterocycles. The minimum atomic E-state index is -0.452. The molecule has 21 heavy (non-hydrogen) atoms. The van der Waals surface area contributed by atoms with E-state index in [0.29, 0.717) is 17.9 Å². The Morgan fingerprint density at radius 1 is 1.33 bits per heavy atom. The number of hydrogen-bond acceptors (Lipinski definition) is 4. The Bertz CT molecular complexity index is 699. The van der Waals surface area contributed by atoms with Crippen molar-refractivity contribution < 1.29 is 9.18 Å². The second-order valence-electron chi connectivity index (χ2n) is 4.33. The highest BCUT2D eigenvalue weighted by Crippen LogP contribution is 2.08. The summed E-state index contributed by atoms with van der Waals surface area (Å²) in [5.41, 5.74) is 0.546. The monoisotopic (exact) mass is 290 g/mol. The van der Waals surface area contributed by atoms with Gasteiger partial charge in [-0.3, -0.25) is 9.59 Å². The van der Waals surface area contributed by atoms with Crippen LogP contribution in [0, 0.1) is 5.82 Å². The van der Waals surface area contributed by atoms with E-state index in [-0.39, 0.29) is 12.1 Å². The van der Waals surface area contributed by atoms with Gasteiger partial charge in [-0.25, -0.2) is 9.07 Å². The number of nitrogens with one attached hydrogen (secondary N) is 2. The maximum atomic E-state index is 13.0. The highest BCUT2D eigenvalue weighted by molar-refractivity contribution is 5.90. The normalized spacial score (nSPS) is 10.2. The molecule has 0 bridgehead atoms. The largest absolute Gasteiger partial charge is 0.384 e. The van der Waals surface area contributed by atoms with Crippen LogP contribution in [0.2, 0.25) is 0 Å². The van der Waals surface area contributed by atoms with E-state index in [2.05, 4.69) is 15.7 Å². The molecule has 2 N–H and O–H groups in total. The Labute approximate surface area is 120 Å². The van der Waals surface area contributed by atoms with Crippen molar-refractivity contribution in [3.05, 3.63) is 52.7 Å². The number of carbonyl (C=O) groups is 1. The van der Waals surface area contributed by atoms with Gasteiger partial charge in [-0.1, -0.05) is 6.07 Å². The molecule has 0 spiro atoms. The van der Waals surface area contributed by atoms with Crippen LogP contribution in [0.15, 0.2) is 41.3 Å². The lowest BCUT2D eigenvalue weighted by atomic mass is 10.3. The van der Waals surface area contributed by atoms with Crippen LogP contribution >= 0.6 is 0 Å². The average Bonchev–Trinajstić information content (AvgIpc) is 2.42. The van der Waals surface area contributed by atoms with Crippen LogP contribution in [0.3, 0.4) is 0 Å². The van der Waals surface area contributed by atoms with Crippen LogP contribution in [0.5, 0.6) is 0 Å². The number of carbonyl (C=O) groups excluding carboxylic acids is 1. The van der Waals surface area contributed by atoms with Crippen molar-refractivity contribution in [1.82, 2.24) is 9.78 Å². The molecule has 2 rings (SSSR count). The van der Waals surface area contributed by atoms with E-state index in [1.807, 2.05) is 6.92 Å². The average molecular weight is 290 g/mol. The Hall–Kier alpha value is -2.70. The Balaban J connectivity index is 2.04. The van der Waals surface area contributed by atoms with Crippen molar-refractivity contribution in [2.24, 2.45) is 0 Å². The summed E-state index contributed by atoms with van der Waals surface area (Å²) >= 11 is 0. The van der Waals surface area contributed by atoms with E-state index < -0.39 is 11.7 Å². The molecular weight excluding hydrogens is 275 g/mol. The number of hydrogen-bond donors (Lipinski definition) is 2. The number of anilines is 2. The zero-order valence-corrected chi connectivity index (χ0v) is 11.5. The lowest BCUT2D eigenvalue weighted by molar-refractivity contribution is -0.117. The lowest BCUT2D eigenvalue weighted by Crippen LogP contribution is -2.29. The molecule has 1 aromatic heterocycles. The van der Waals surface area contributed by atoms with Gasteiger partial charge < -0.3 is 10.6 Å².